The molecule has 0 spiro atoms. The third kappa shape index (κ3) is 1.35. The van der Waals surface area contributed by atoms with Crippen molar-refractivity contribution < 1.29 is 4.79 Å². The van der Waals surface area contributed by atoms with Crippen molar-refractivity contribution in [1.29, 1.82) is 0 Å². The lowest BCUT2D eigenvalue weighted by Crippen LogP contribution is -2.47. The lowest BCUT2D eigenvalue weighted by molar-refractivity contribution is -0.129. The lowest BCUT2D eigenvalue weighted by Gasteiger charge is -2.38. The van der Waals surface area contributed by atoms with Crippen LogP contribution in [0.3, 0.4) is 0 Å². The number of rotatable bonds is 1. The Labute approximate surface area is 94.6 Å². The molecule has 1 aromatic rings. The molecule has 1 aromatic carbocycles. The molecule has 1 heterocycles. The number of hydrogen-bond donors (Lipinski definition) is 1. The van der Waals surface area contributed by atoms with Gasteiger partial charge < -0.3 is 0 Å². The molecule has 0 aromatic heterocycles. The molecule has 3 heteroatoms. The molecule has 0 saturated heterocycles. The summed E-state index contributed by atoms with van der Waals surface area (Å²) in [6.07, 6.45) is 2.09. The lowest BCUT2D eigenvalue weighted by atomic mass is 9.68. The Hall–Kier alpha value is -1.64. The van der Waals surface area contributed by atoms with Crippen molar-refractivity contribution in [3.63, 3.8) is 0 Å². The van der Waals surface area contributed by atoms with Crippen molar-refractivity contribution in [3.8, 4) is 0 Å². The van der Waals surface area contributed by atoms with Crippen molar-refractivity contribution in [3.05, 3.63) is 35.4 Å². The Balaban J connectivity index is 1.95. The fraction of sp³-hybridized carbons (Fsp3) is 0.385. The third-order valence-corrected chi connectivity index (χ3v) is 3.60. The zero-order chi connectivity index (χ0) is 11.1. The standard InChI is InChI=1S/C13H14N2O/c1-8-2-4-9(5-3-8)12-10-6-7-11(10)13(16)15-14-12/h2-5,10-11H,6-7H2,1H3,(H,15,16)/t10-,11+/m0/s1. The number of fused-ring (bicyclic) bond motifs is 1. The summed E-state index contributed by atoms with van der Waals surface area (Å²) >= 11 is 0. The molecule has 1 aliphatic heterocycles. The van der Waals surface area contributed by atoms with E-state index in [0.717, 1.165) is 24.1 Å². The van der Waals surface area contributed by atoms with Gasteiger partial charge in [-0.25, -0.2) is 5.43 Å². The molecule has 2 atom stereocenters. The molecule has 16 heavy (non-hydrogen) atoms. The molecular weight excluding hydrogens is 200 g/mol. The minimum Gasteiger partial charge on any atom is -0.273 e. The van der Waals surface area contributed by atoms with Gasteiger partial charge in [-0.2, -0.15) is 5.10 Å². The van der Waals surface area contributed by atoms with E-state index >= 15 is 0 Å². The molecule has 1 fully saturated rings. The minimum atomic E-state index is 0.0899. The van der Waals surface area contributed by atoms with Gasteiger partial charge in [0.25, 0.3) is 0 Å². The van der Waals surface area contributed by atoms with Gasteiger partial charge in [-0.3, -0.25) is 4.79 Å². The van der Waals surface area contributed by atoms with Gasteiger partial charge in [0.1, 0.15) is 0 Å². The number of benzene rings is 1. The fourth-order valence-electron chi connectivity index (χ4n) is 2.43. The minimum absolute atomic E-state index is 0.0899. The van der Waals surface area contributed by atoms with Crippen molar-refractivity contribution in [1.82, 2.24) is 5.43 Å². The SMILES string of the molecule is Cc1ccc(C2=NNC(=O)[C@@H]3CC[C@H]23)cc1. The number of carbonyl (C=O) groups is 1. The summed E-state index contributed by atoms with van der Waals surface area (Å²) < 4.78 is 0. The van der Waals surface area contributed by atoms with E-state index in [1.807, 2.05) is 0 Å². The van der Waals surface area contributed by atoms with E-state index in [0.29, 0.717) is 5.92 Å². The maximum atomic E-state index is 11.5. The number of amides is 1. The predicted octanol–water partition coefficient (Wildman–Crippen LogP) is 1.86. The fourth-order valence-corrected chi connectivity index (χ4v) is 2.43. The summed E-state index contributed by atoms with van der Waals surface area (Å²) in [5.74, 6) is 0.595. The van der Waals surface area contributed by atoms with Crippen LogP contribution in [0.25, 0.3) is 0 Å². The first-order valence-electron chi connectivity index (χ1n) is 5.70. The first-order chi connectivity index (χ1) is 7.75. The smallest absolute Gasteiger partial charge is 0.243 e. The molecule has 3 nitrogen and oxygen atoms in total. The van der Waals surface area contributed by atoms with Crippen LogP contribution in [-0.4, -0.2) is 11.6 Å². The zero-order valence-electron chi connectivity index (χ0n) is 9.23. The molecule has 3 rings (SSSR count). The second-order valence-corrected chi connectivity index (χ2v) is 4.63. The highest BCUT2D eigenvalue weighted by Crippen LogP contribution is 2.39. The van der Waals surface area contributed by atoms with Crippen LogP contribution in [0.4, 0.5) is 0 Å². The highest BCUT2D eigenvalue weighted by atomic mass is 16.2. The first-order valence-corrected chi connectivity index (χ1v) is 5.70. The number of hydrazone groups is 1. The molecule has 82 valence electrons. The van der Waals surface area contributed by atoms with E-state index in [-0.39, 0.29) is 11.8 Å². The Morgan fingerprint density at radius 3 is 2.50 bits per heavy atom. The van der Waals surface area contributed by atoms with Crippen LogP contribution in [0.5, 0.6) is 0 Å². The van der Waals surface area contributed by atoms with E-state index in [2.05, 4.69) is 41.7 Å². The highest BCUT2D eigenvalue weighted by Gasteiger charge is 2.42. The molecule has 1 saturated carbocycles. The van der Waals surface area contributed by atoms with Crippen LogP contribution in [0.1, 0.15) is 24.0 Å². The highest BCUT2D eigenvalue weighted by molar-refractivity contribution is 6.07. The Bertz CT molecular complexity index is 461. The quantitative estimate of drug-likeness (QED) is 0.761. The van der Waals surface area contributed by atoms with E-state index in [1.165, 1.54) is 5.56 Å². The third-order valence-electron chi connectivity index (χ3n) is 3.60. The van der Waals surface area contributed by atoms with Crippen LogP contribution in [-0.2, 0) is 4.79 Å². The predicted molar refractivity (Wildman–Crippen MR) is 62.1 cm³/mol. The molecule has 1 aliphatic carbocycles. The van der Waals surface area contributed by atoms with Gasteiger partial charge in [0.05, 0.1) is 5.71 Å². The summed E-state index contributed by atoms with van der Waals surface area (Å²) in [7, 11) is 0. The normalized spacial score (nSPS) is 27.6. The monoisotopic (exact) mass is 214 g/mol. The van der Waals surface area contributed by atoms with E-state index in [4.69, 9.17) is 0 Å². The van der Waals surface area contributed by atoms with Crippen molar-refractivity contribution in [2.75, 3.05) is 0 Å². The largest absolute Gasteiger partial charge is 0.273 e. The Morgan fingerprint density at radius 2 is 1.88 bits per heavy atom. The van der Waals surface area contributed by atoms with Crippen LogP contribution < -0.4 is 5.43 Å². The number of carbonyl (C=O) groups excluding carboxylic acids is 1. The van der Waals surface area contributed by atoms with Crippen molar-refractivity contribution >= 4 is 11.6 Å². The van der Waals surface area contributed by atoms with Gasteiger partial charge in [-0.05, 0) is 25.3 Å². The number of hydrogen-bond acceptors (Lipinski definition) is 2. The van der Waals surface area contributed by atoms with E-state index < -0.39 is 0 Å². The maximum Gasteiger partial charge on any atom is 0.243 e. The summed E-state index contributed by atoms with van der Waals surface area (Å²) in [4.78, 5) is 11.5. The zero-order valence-corrected chi connectivity index (χ0v) is 9.23. The molecule has 1 N–H and O–H groups in total. The van der Waals surface area contributed by atoms with Crippen LogP contribution >= 0.6 is 0 Å². The topological polar surface area (TPSA) is 41.5 Å². The summed E-state index contributed by atoms with van der Waals surface area (Å²) in [6, 6.07) is 8.34. The van der Waals surface area contributed by atoms with Gasteiger partial charge >= 0.3 is 0 Å². The molecular formula is C13H14N2O. The number of nitrogens with zero attached hydrogens (tertiary/aromatic N) is 1. The van der Waals surface area contributed by atoms with Gasteiger partial charge in [0.2, 0.25) is 5.91 Å². The van der Waals surface area contributed by atoms with E-state index in [1.54, 1.807) is 0 Å². The average Bonchev–Trinajstić information content (AvgIpc) is 2.22. The van der Waals surface area contributed by atoms with Gasteiger partial charge in [0, 0.05) is 11.8 Å². The number of nitrogens with one attached hydrogen (secondary N) is 1. The molecule has 1 amide bonds. The van der Waals surface area contributed by atoms with E-state index in [9.17, 15) is 4.79 Å². The van der Waals surface area contributed by atoms with Gasteiger partial charge in [-0.15, -0.1) is 0 Å². The molecule has 0 bridgehead atoms. The summed E-state index contributed by atoms with van der Waals surface area (Å²) in [6.45, 7) is 2.07. The molecule has 0 unspecified atom stereocenters. The Morgan fingerprint density at radius 1 is 1.19 bits per heavy atom. The summed E-state index contributed by atoms with van der Waals surface area (Å²) in [5, 5.41) is 4.21. The number of aryl methyl sites for hydroxylation is 1. The maximum absolute atomic E-state index is 11.5. The average molecular weight is 214 g/mol. The van der Waals surface area contributed by atoms with Crippen LogP contribution in [0.2, 0.25) is 0 Å². The summed E-state index contributed by atoms with van der Waals surface area (Å²) in [5.41, 5.74) is 6.06. The van der Waals surface area contributed by atoms with Gasteiger partial charge in [-0.1, -0.05) is 29.8 Å². The Kier molecular flexibility index (Phi) is 2.06. The van der Waals surface area contributed by atoms with Crippen molar-refractivity contribution in [2.45, 2.75) is 19.8 Å². The van der Waals surface area contributed by atoms with Crippen molar-refractivity contribution in [2.24, 2.45) is 16.9 Å². The van der Waals surface area contributed by atoms with Crippen LogP contribution in [0.15, 0.2) is 29.4 Å². The molecule has 0 radical (unpaired) electrons. The molecule has 2 aliphatic rings. The second kappa shape index (κ2) is 3.44. The van der Waals surface area contributed by atoms with Gasteiger partial charge in [0.15, 0.2) is 0 Å². The van der Waals surface area contributed by atoms with Crippen LogP contribution in [0, 0.1) is 18.8 Å². The first kappa shape index (κ1) is 9.58. The second-order valence-electron chi connectivity index (χ2n) is 4.63.